The topological polar surface area (TPSA) is 58.6 Å². The zero-order valence-electron chi connectivity index (χ0n) is 14.5. The molecule has 0 saturated carbocycles. The number of unbranched alkanes of at least 4 members (excludes halogenated alkanes) is 2. The van der Waals surface area contributed by atoms with Crippen LogP contribution in [0.4, 0.5) is 0 Å². The molecule has 2 aliphatic heterocycles. The number of rotatable bonds is 9. The lowest BCUT2D eigenvalue weighted by molar-refractivity contribution is 0.0695. The van der Waals surface area contributed by atoms with E-state index in [4.69, 9.17) is 4.74 Å². The second kappa shape index (κ2) is 8.13. The van der Waals surface area contributed by atoms with Gasteiger partial charge in [-0.25, -0.2) is 4.79 Å². The van der Waals surface area contributed by atoms with Crippen molar-refractivity contribution in [2.24, 2.45) is 5.92 Å². The minimum absolute atomic E-state index is 0.357. The molecule has 4 atom stereocenters. The Hall–Kier alpha value is -1.39. The van der Waals surface area contributed by atoms with Gasteiger partial charge in [0.15, 0.2) is 0 Å². The van der Waals surface area contributed by atoms with E-state index in [1.807, 2.05) is 12.1 Å². The lowest BCUT2D eigenvalue weighted by Crippen LogP contribution is -2.44. The molecule has 4 nitrogen and oxygen atoms in total. The number of hydrogen-bond donors (Lipinski definition) is 2. The molecule has 0 radical (unpaired) electrons. The number of benzene rings is 1. The normalized spacial score (nSPS) is 28.4. The van der Waals surface area contributed by atoms with Crippen molar-refractivity contribution in [1.29, 1.82) is 0 Å². The summed E-state index contributed by atoms with van der Waals surface area (Å²) in [4.78, 5) is 11.4. The maximum absolute atomic E-state index is 11.4. The number of carboxylic acids is 1. The van der Waals surface area contributed by atoms with Crippen molar-refractivity contribution in [1.82, 2.24) is 5.32 Å². The second-order valence-electron chi connectivity index (χ2n) is 7.14. The summed E-state index contributed by atoms with van der Waals surface area (Å²) >= 11 is 0. The lowest BCUT2D eigenvalue weighted by atomic mass is 9.80. The van der Waals surface area contributed by atoms with Crippen molar-refractivity contribution in [2.45, 2.75) is 70.1 Å². The fourth-order valence-electron chi connectivity index (χ4n) is 4.34. The highest BCUT2D eigenvalue weighted by atomic mass is 16.5. The summed E-state index contributed by atoms with van der Waals surface area (Å²) in [5, 5.41) is 13.1. The van der Waals surface area contributed by atoms with E-state index in [-0.39, 0.29) is 0 Å². The summed E-state index contributed by atoms with van der Waals surface area (Å²) in [6.45, 7) is 3.29. The predicted octanol–water partition coefficient (Wildman–Crippen LogP) is 3.64. The number of nitrogens with one attached hydrogen (secondary N) is 1. The number of aromatic carboxylic acids is 1. The minimum atomic E-state index is -0.830. The van der Waals surface area contributed by atoms with Gasteiger partial charge in [-0.2, -0.15) is 0 Å². The maximum Gasteiger partial charge on any atom is 0.335 e. The molecule has 2 N–H and O–H groups in total. The zero-order chi connectivity index (χ0) is 16.9. The van der Waals surface area contributed by atoms with Crippen molar-refractivity contribution >= 4 is 5.97 Å². The molecule has 2 bridgehead atoms. The SMILES string of the molecule is CCCCCNC1C2CCC(O2)C1CCc1ccccc1C(=O)O. The molecule has 2 fully saturated rings. The first-order valence-electron chi connectivity index (χ1n) is 9.40. The van der Waals surface area contributed by atoms with Crippen LogP contribution in [0.25, 0.3) is 0 Å². The van der Waals surface area contributed by atoms with Crippen LogP contribution in [-0.4, -0.2) is 35.9 Å². The Labute approximate surface area is 144 Å². The molecule has 4 unspecified atom stereocenters. The van der Waals surface area contributed by atoms with Crippen LogP contribution in [-0.2, 0) is 11.2 Å². The Balaban J connectivity index is 1.60. The third-order valence-electron chi connectivity index (χ3n) is 5.58. The molecular formula is C20H29NO3. The Morgan fingerprint density at radius 3 is 2.83 bits per heavy atom. The number of fused-ring (bicyclic) bond motifs is 2. The molecule has 1 aromatic rings. The van der Waals surface area contributed by atoms with E-state index in [1.165, 1.54) is 25.7 Å². The fraction of sp³-hybridized carbons (Fsp3) is 0.650. The molecule has 2 heterocycles. The second-order valence-corrected chi connectivity index (χ2v) is 7.14. The molecular weight excluding hydrogens is 302 g/mol. The Morgan fingerprint density at radius 2 is 2.04 bits per heavy atom. The molecule has 2 saturated heterocycles. The fourth-order valence-corrected chi connectivity index (χ4v) is 4.34. The largest absolute Gasteiger partial charge is 0.478 e. The first-order chi connectivity index (χ1) is 11.7. The molecule has 24 heavy (non-hydrogen) atoms. The van der Waals surface area contributed by atoms with Crippen LogP contribution in [0.3, 0.4) is 0 Å². The number of hydrogen-bond acceptors (Lipinski definition) is 3. The summed E-state index contributed by atoms with van der Waals surface area (Å²) in [6, 6.07) is 7.82. The number of aryl methyl sites for hydroxylation is 1. The first-order valence-corrected chi connectivity index (χ1v) is 9.40. The first kappa shape index (κ1) is 17.4. The van der Waals surface area contributed by atoms with Gasteiger partial charge >= 0.3 is 5.97 Å². The maximum atomic E-state index is 11.4. The summed E-state index contributed by atoms with van der Waals surface area (Å²) < 4.78 is 6.14. The van der Waals surface area contributed by atoms with Gasteiger partial charge in [-0.05, 0) is 50.3 Å². The van der Waals surface area contributed by atoms with Gasteiger partial charge in [-0.15, -0.1) is 0 Å². The summed E-state index contributed by atoms with van der Waals surface area (Å²) in [5.41, 5.74) is 1.38. The number of carbonyl (C=O) groups is 1. The quantitative estimate of drug-likeness (QED) is 0.678. The van der Waals surface area contributed by atoms with Gasteiger partial charge in [0.2, 0.25) is 0 Å². The van der Waals surface area contributed by atoms with E-state index < -0.39 is 5.97 Å². The molecule has 132 valence electrons. The molecule has 0 amide bonds. The molecule has 0 aromatic heterocycles. The minimum Gasteiger partial charge on any atom is -0.478 e. The summed E-state index contributed by atoms with van der Waals surface area (Å²) in [6.07, 6.45) is 8.58. The summed E-state index contributed by atoms with van der Waals surface area (Å²) in [5.74, 6) is -0.323. The van der Waals surface area contributed by atoms with Crippen LogP contribution in [0, 0.1) is 5.92 Å². The highest BCUT2D eigenvalue weighted by Gasteiger charge is 2.48. The van der Waals surface area contributed by atoms with Gasteiger partial charge in [0.05, 0.1) is 17.8 Å². The monoisotopic (exact) mass is 331 g/mol. The van der Waals surface area contributed by atoms with Crippen molar-refractivity contribution in [3.8, 4) is 0 Å². The molecule has 0 spiro atoms. The Morgan fingerprint density at radius 1 is 1.25 bits per heavy atom. The van der Waals surface area contributed by atoms with E-state index in [0.717, 1.165) is 31.4 Å². The highest BCUT2D eigenvalue weighted by molar-refractivity contribution is 5.89. The van der Waals surface area contributed by atoms with Crippen molar-refractivity contribution in [2.75, 3.05) is 6.54 Å². The van der Waals surface area contributed by atoms with Crippen LogP contribution >= 0.6 is 0 Å². The Kier molecular flexibility index (Phi) is 5.90. The lowest BCUT2D eigenvalue weighted by Gasteiger charge is -2.29. The molecule has 4 heteroatoms. The van der Waals surface area contributed by atoms with Crippen LogP contribution < -0.4 is 5.32 Å². The van der Waals surface area contributed by atoms with Gasteiger partial charge in [0.1, 0.15) is 0 Å². The van der Waals surface area contributed by atoms with E-state index in [9.17, 15) is 9.90 Å². The molecule has 1 aromatic carbocycles. The smallest absolute Gasteiger partial charge is 0.335 e. The average Bonchev–Trinajstić information content (AvgIpc) is 3.18. The average molecular weight is 331 g/mol. The van der Waals surface area contributed by atoms with Gasteiger partial charge in [-0.3, -0.25) is 0 Å². The van der Waals surface area contributed by atoms with E-state index in [0.29, 0.717) is 29.7 Å². The van der Waals surface area contributed by atoms with Gasteiger partial charge in [-0.1, -0.05) is 38.0 Å². The third-order valence-corrected chi connectivity index (χ3v) is 5.58. The highest BCUT2D eigenvalue weighted by Crippen LogP contribution is 2.41. The number of carboxylic acid groups (broad SMARTS) is 1. The predicted molar refractivity (Wildman–Crippen MR) is 94.4 cm³/mol. The van der Waals surface area contributed by atoms with Crippen LogP contribution in [0.15, 0.2) is 24.3 Å². The van der Waals surface area contributed by atoms with Crippen molar-refractivity contribution < 1.29 is 14.6 Å². The van der Waals surface area contributed by atoms with Crippen molar-refractivity contribution in [3.63, 3.8) is 0 Å². The Bertz CT molecular complexity index is 560. The van der Waals surface area contributed by atoms with Crippen molar-refractivity contribution in [3.05, 3.63) is 35.4 Å². The van der Waals surface area contributed by atoms with E-state index in [2.05, 4.69) is 12.2 Å². The number of ether oxygens (including phenoxy) is 1. The van der Waals surface area contributed by atoms with Crippen LogP contribution in [0.2, 0.25) is 0 Å². The third kappa shape index (κ3) is 3.81. The van der Waals surface area contributed by atoms with E-state index in [1.54, 1.807) is 12.1 Å². The molecule has 0 aliphatic carbocycles. The van der Waals surface area contributed by atoms with Crippen LogP contribution in [0.5, 0.6) is 0 Å². The van der Waals surface area contributed by atoms with Gasteiger partial charge in [0, 0.05) is 12.0 Å². The van der Waals surface area contributed by atoms with Gasteiger partial charge in [0.25, 0.3) is 0 Å². The van der Waals surface area contributed by atoms with E-state index >= 15 is 0 Å². The summed E-state index contributed by atoms with van der Waals surface area (Å²) in [7, 11) is 0. The molecule has 2 aliphatic rings. The molecule has 3 rings (SSSR count). The standard InChI is InChI=1S/C20H29NO3/c1-2-3-6-13-21-19-16(17-11-12-18(19)24-17)10-9-14-7-4-5-8-15(14)20(22)23/h4-5,7-8,16-19,21H,2-3,6,9-13H2,1H3,(H,22,23). The van der Waals surface area contributed by atoms with Gasteiger partial charge < -0.3 is 15.2 Å². The van der Waals surface area contributed by atoms with Crippen LogP contribution in [0.1, 0.15) is 61.4 Å². The zero-order valence-corrected chi connectivity index (χ0v) is 14.5.